The van der Waals surface area contributed by atoms with E-state index < -0.39 is 0 Å². The minimum Gasteiger partial charge on any atom is -0.310 e. The molecule has 0 spiro atoms. The van der Waals surface area contributed by atoms with E-state index >= 15 is 0 Å². The van der Waals surface area contributed by atoms with Gasteiger partial charge in [-0.05, 0) is 155 Å². The first-order chi connectivity index (χ1) is 47.7. The Morgan fingerprint density at radius 1 is 0.146 bits per heavy atom. The van der Waals surface area contributed by atoms with Crippen molar-refractivity contribution in [3.8, 4) is 22.7 Å². The van der Waals surface area contributed by atoms with Crippen LogP contribution in [0.1, 0.15) is 0 Å². The largest absolute Gasteiger partial charge is 0.310 e. The van der Waals surface area contributed by atoms with Gasteiger partial charge >= 0.3 is 0 Å². The summed E-state index contributed by atoms with van der Waals surface area (Å²) in [6, 6.07) is 130. The molecule has 0 aliphatic carbocycles. The first-order valence-corrected chi connectivity index (χ1v) is 33.0. The Morgan fingerprint density at radius 2 is 0.333 bits per heavy atom. The highest BCUT2D eigenvalue weighted by Gasteiger charge is 2.26. The van der Waals surface area contributed by atoms with Crippen LogP contribution >= 0.6 is 0 Å². The van der Waals surface area contributed by atoms with Gasteiger partial charge in [0.05, 0.1) is 55.5 Å². The van der Waals surface area contributed by atoms with Crippen molar-refractivity contribution < 1.29 is 0 Å². The van der Waals surface area contributed by atoms with Crippen LogP contribution < -0.4 is 9.80 Å². The zero-order valence-corrected chi connectivity index (χ0v) is 52.2. The zero-order valence-electron chi connectivity index (χ0n) is 52.2. The second kappa shape index (κ2) is 21.3. The lowest BCUT2D eigenvalue weighted by Gasteiger charge is -2.30. The molecule has 0 atom stereocenters. The Morgan fingerprint density at radius 3 is 0.552 bits per heavy atom. The van der Waals surface area contributed by atoms with Crippen molar-refractivity contribution >= 4 is 154 Å². The number of anilines is 6. The van der Waals surface area contributed by atoms with Crippen LogP contribution in [-0.2, 0) is 0 Å². The smallest absolute Gasteiger partial charge is 0.0546 e. The second-order valence-corrected chi connectivity index (χ2v) is 25.2. The summed E-state index contributed by atoms with van der Waals surface area (Å²) in [4.78, 5) is 5.01. The molecule has 6 nitrogen and oxygen atoms in total. The van der Waals surface area contributed by atoms with E-state index in [0.29, 0.717) is 0 Å². The Bertz CT molecular complexity index is 5650. The Labute approximate surface area is 553 Å². The highest BCUT2D eigenvalue weighted by Crippen LogP contribution is 2.50. The SMILES string of the molecule is c1cc(N(c2cccc(-n3c4ccccc4c4ccccc43)c2)c2cc3c4ccccc4c(N(c4cccc(-n5c6ccccc6c6ccccc65)c4)c4cccc(-n5c6ccccc6c6ccccc65)c4)cc3c3ccccc23)cc(-n2c3ccccc3c3ccccc32)c1. The summed E-state index contributed by atoms with van der Waals surface area (Å²) in [5, 5.41) is 16.7. The van der Waals surface area contributed by atoms with Crippen molar-refractivity contribution in [1.29, 1.82) is 0 Å². The van der Waals surface area contributed by atoms with Gasteiger partial charge in [-0.15, -0.1) is 0 Å². The molecule has 0 amide bonds. The fraction of sp³-hybridized carbons (Fsp3) is 0. The summed E-state index contributed by atoms with van der Waals surface area (Å²) in [6.45, 7) is 0. The lowest BCUT2D eigenvalue weighted by Crippen LogP contribution is -2.13. The third-order valence-corrected chi connectivity index (χ3v) is 20.0. The molecule has 0 fully saturated rings. The molecule has 0 radical (unpaired) electrons. The monoisotopic (exact) mass is 1220 g/mol. The molecule has 20 aromatic rings. The van der Waals surface area contributed by atoms with Crippen LogP contribution in [0.5, 0.6) is 0 Å². The first-order valence-electron chi connectivity index (χ1n) is 33.0. The molecular formula is C90H58N6. The topological polar surface area (TPSA) is 26.2 Å². The standard InChI is InChI=1S/C90H58N6/c1-3-35-69-67(33-1)79-57-90(92(61-27-23-31-65(55-61)95-85-49-17-9-41-75(85)76-42-10-18-50-86(76)95)62-28-24-32-66(56-62)96-87-51-19-11-43-77(87)78-44-12-20-52-88(78)96)70-36-4-2-34-68(70)80(79)58-89(69)91(59-25-21-29-63(53-59)93-81-45-13-5-37-71(81)72-38-6-14-46-82(72)93)60-26-22-30-64(54-60)94-83-47-15-7-39-73(83)74-40-8-16-48-84(74)94/h1-58H. The molecule has 0 saturated heterocycles. The van der Waals surface area contributed by atoms with Crippen molar-refractivity contribution in [2.45, 2.75) is 0 Å². The van der Waals surface area contributed by atoms with Crippen LogP contribution in [0, 0.1) is 0 Å². The maximum Gasteiger partial charge on any atom is 0.0546 e. The van der Waals surface area contributed by atoms with E-state index in [4.69, 9.17) is 0 Å². The van der Waals surface area contributed by atoms with Gasteiger partial charge in [0.2, 0.25) is 0 Å². The minimum absolute atomic E-state index is 1.04. The number of aromatic nitrogens is 4. The quantitative estimate of drug-likeness (QED) is 0.128. The van der Waals surface area contributed by atoms with Gasteiger partial charge in [0.25, 0.3) is 0 Å². The molecule has 0 unspecified atom stereocenters. The molecule has 16 aromatic carbocycles. The van der Waals surface area contributed by atoms with Gasteiger partial charge in [-0.25, -0.2) is 0 Å². The predicted octanol–water partition coefficient (Wildman–Crippen LogP) is 24.5. The molecule has 0 aliphatic heterocycles. The van der Waals surface area contributed by atoms with Crippen LogP contribution in [0.25, 0.3) is 142 Å². The van der Waals surface area contributed by atoms with Gasteiger partial charge in [0.15, 0.2) is 0 Å². The number of hydrogen-bond acceptors (Lipinski definition) is 2. The second-order valence-electron chi connectivity index (χ2n) is 25.2. The van der Waals surface area contributed by atoms with Gasteiger partial charge < -0.3 is 28.1 Å². The fourth-order valence-corrected chi connectivity index (χ4v) is 16.0. The third-order valence-electron chi connectivity index (χ3n) is 20.0. The Balaban J connectivity index is 0.841. The van der Waals surface area contributed by atoms with Crippen LogP contribution in [0.3, 0.4) is 0 Å². The summed E-state index contributed by atoms with van der Waals surface area (Å²) in [5.74, 6) is 0. The Hall–Kier alpha value is -12.9. The summed E-state index contributed by atoms with van der Waals surface area (Å²) in [6.07, 6.45) is 0. The Kier molecular flexibility index (Phi) is 11.9. The average molecular weight is 1220 g/mol. The van der Waals surface area contributed by atoms with Gasteiger partial charge in [0.1, 0.15) is 0 Å². The molecular weight excluding hydrogens is 1170 g/mol. The van der Waals surface area contributed by atoms with Crippen molar-refractivity contribution in [2.24, 2.45) is 0 Å². The molecule has 20 rings (SSSR count). The normalized spacial score (nSPS) is 12.0. The van der Waals surface area contributed by atoms with E-state index in [-0.39, 0.29) is 0 Å². The third kappa shape index (κ3) is 8.12. The summed E-state index contributed by atoms with van der Waals surface area (Å²) < 4.78 is 9.71. The summed E-state index contributed by atoms with van der Waals surface area (Å²) >= 11 is 0. The highest BCUT2D eigenvalue weighted by molar-refractivity contribution is 6.25. The first kappa shape index (κ1) is 53.7. The van der Waals surface area contributed by atoms with Crippen LogP contribution in [0.4, 0.5) is 34.1 Å². The van der Waals surface area contributed by atoms with E-state index in [1.807, 2.05) is 0 Å². The van der Waals surface area contributed by atoms with Crippen molar-refractivity contribution in [1.82, 2.24) is 18.3 Å². The van der Waals surface area contributed by atoms with Crippen LogP contribution in [-0.4, -0.2) is 18.3 Å². The van der Waals surface area contributed by atoms with E-state index in [0.717, 1.165) is 89.2 Å². The number of para-hydroxylation sites is 8. The van der Waals surface area contributed by atoms with Gasteiger partial charge in [-0.2, -0.15) is 0 Å². The molecule has 0 N–H and O–H groups in total. The maximum atomic E-state index is 2.51. The maximum absolute atomic E-state index is 2.51. The van der Waals surface area contributed by atoms with Crippen molar-refractivity contribution in [2.75, 3.05) is 9.80 Å². The molecule has 448 valence electrons. The van der Waals surface area contributed by atoms with E-state index in [2.05, 4.69) is 380 Å². The van der Waals surface area contributed by atoms with Crippen molar-refractivity contribution in [3.63, 3.8) is 0 Å². The van der Waals surface area contributed by atoms with Crippen LogP contribution in [0.15, 0.2) is 352 Å². The van der Waals surface area contributed by atoms with E-state index in [9.17, 15) is 0 Å². The van der Waals surface area contributed by atoms with Gasteiger partial charge in [0, 0.05) is 99.4 Å². The highest BCUT2D eigenvalue weighted by atomic mass is 15.2. The zero-order chi connectivity index (χ0) is 63.0. The minimum atomic E-state index is 1.04. The van der Waals surface area contributed by atoms with E-state index in [1.165, 1.54) is 87.2 Å². The molecule has 0 saturated carbocycles. The molecule has 0 aliphatic rings. The molecule has 4 heterocycles. The predicted molar refractivity (Wildman–Crippen MR) is 406 cm³/mol. The van der Waals surface area contributed by atoms with Crippen molar-refractivity contribution in [3.05, 3.63) is 352 Å². The molecule has 0 bridgehead atoms. The molecule has 6 heteroatoms. The fourth-order valence-electron chi connectivity index (χ4n) is 16.0. The number of benzene rings is 16. The average Bonchev–Trinajstić information content (AvgIpc) is 1.11. The van der Waals surface area contributed by atoms with Crippen LogP contribution in [0.2, 0.25) is 0 Å². The number of rotatable bonds is 10. The van der Waals surface area contributed by atoms with E-state index in [1.54, 1.807) is 0 Å². The lowest BCUT2D eigenvalue weighted by molar-refractivity contribution is 1.16. The summed E-state index contributed by atoms with van der Waals surface area (Å²) in [5.41, 5.74) is 20.0. The molecule has 96 heavy (non-hydrogen) atoms. The molecule has 4 aromatic heterocycles. The lowest BCUT2D eigenvalue weighted by atomic mass is 9.93. The number of hydrogen-bond donors (Lipinski definition) is 0. The summed E-state index contributed by atoms with van der Waals surface area (Å²) in [7, 11) is 0. The van der Waals surface area contributed by atoms with Gasteiger partial charge in [-0.1, -0.05) is 218 Å². The number of nitrogens with zero attached hydrogens (tertiary/aromatic N) is 6. The van der Waals surface area contributed by atoms with Gasteiger partial charge in [-0.3, -0.25) is 0 Å². The number of fused-ring (bicyclic) bond motifs is 17.